The first-order valence-electron chi connectivity index (χ1n) is 5.04. The van der Waals surface area contributed by atoms with Crippen LogP contribution in [0.25, 0.3) is 0 Å². The smallest absolute Gasteiger partial charge is 0.174 e. The van der Waals surface area contributed by atoms with Crippen LogP contribution < -0.4 is 0 Å². The van der Waals surface area contributed by atoms with E-state index in [1.54, 1.807) is 6.92 Å². The van der Waals surface area contributed by atoms with Crippen molar-refractivity contribution in [1.82, 2.24) is 0 Å². The number of alkyl halides is 1. The Morgan fingerprint density at radius 3 is 2.24 bits per heavy atom. The summed E-state index contributed by atoms with van der Waals surface area (Å²) in [5.74, 6) is -0.461. The Balaban J connectivity index is 3.19. The lowest BCUT2D eigenvalue weighted by Crippen LogP contribution is -2.37. The molecule has 0 aliphatic carbocycles. The molecule has 1 N–H and O–H groups in total. The van der Waals surface area contributed by atoms with Gasteiger partial charge in [-0.25, -0.2) is 12.8 Å². The maximum absolute atomic E-state index is 12.7. The molecular formula is C11H14ClFO3S. The van der Waals surface area contributed by atoms with E-state index in [1.807, 2.05) is 0 Å². The molecule has 2 atom stereocenters. The number of sulfone groups is 1. The minimum atomic E-state index is -3.65. The third-order valence-corrected chi connectivity index (χ3v) is 5.75. The number of halogens is 2. The van der Waals surface area contributed by atoms with Gasteiger partial charge in [0.15, 0.2) is 14.0 Å². The van der Waals surface area contributed by atoms with Crippen LogP contribution in [0.15, 0.2) is 24.3 Å². The van der Waals surface area contributed by atoms with Gasteiger partial charge in [-0.1, -0.05) is 30.7 Å². The van der Waals surface area contributed by atoms with Gasteiger partial charge in [-0.3, -0.25) is 0 Å². The van der Waals surface area contributed by atoms with Gasteiger partial charge in [0.2, 0.25) is 0 Å². The van der Waals surface area contributed by atoms with Crippen molar-refractivity contribution < 1.29 is 17.9 Å². The summed E-state index contributed by atoms with van der Waals surface area (Å²) in [5, 5.41) is 10.0. The van der Waals surface area contributed by atoms with E-state index in [0.717, 1.165) is 18.4 Å². The molecule has 3 nitrogen and oxygen atoms in total. The molecule has 17 heavy (non-hydrogen) atoms. The first kappa shape index (κ1) is 14.4. The number of rotatable bonds is 4. The fourth-order valence-electron chi connectivity index (χ4n) is 1.55. The molecule has 0 fully saturated rings. The highest BCUT2D eigenvalue weighted by Gasteiger charge is 2.44. The van der Waals surface area contributed by atoms with Gasteiger partial charge in [0.05, 0.1) is 0 Å². The second kappa shape index (κ2) is 4.92. The predicted molar refractivity (Wildman–Crippen MR) is 65.1 cm³/mol. The lowest BCUT2D eigenvalue weighted by atomic mass is 10.0. The molecule has 1 rings (SSSR count). The van der Waals surface area contributed by atoms with E-state index < -0.39 is 26.0 Å². The Kier molecular flexibility index (Phi) is 4.17. The van der Waals surface area contributed by atoms with E-state index >= 15 is 0 Å². The summed E-state index contributed by atoms with van der Waals surface area (Å²) in [6, 6.07) is 4.93. The topological polar surface area (TPSA) is 54.4 Å². The number of hydrogen-bond donors (Lipinski definition) is 1. The summed E-state index contributed by atoms with van der Waals surface area (Å²) in [6.45, 7) is 1.57. The van der Waals surface area contributed by atoms with Crippen LogP contribution in [0.5, 0.6) is 0 Å². The van der Waals surface area contributed by atoms with Gasteiger partial charge in [0, 0.05) is 6.26 Å². The van der Waals surface area contributed by atoms with Crippen molar-refractivity contribution in [2.75, 3.05) is 6.26 Å². The zero-order valence-corrected chi connectivity index (χ0v) is 11.1. The molecule has 6 heteroatoms. The van der Waals surface area contributed by atoms with Crippen LogP contribution in [0.2, 0.25) is 0 Å². The molecule has 1 aromatic carbocycles. The van der Waals surface area contributed by atoms with Crippen molar-refractivity contribution in [2.45, 2.75) is 23.7 Å². The lowest BCUT2D eigenvalue weighted by molar-refractivity contribution is 0.154. The largest absolute Gasteiger partial charge is 0.385 e. The molecule has 0 saturated carbocycles. The van der Waals surface area contributed by atoms with Crippen molar-refractivity contribution in [1.29, 1.82) is 0 Å². The van der Waals surface area contributed by atoms with Gasteiger partial charge in [0.1, 0.15) is 11.9 Å². The molecule has 0 amide bonds. The van der Waals surface area contributed by atoms with Gasteiger partial charge in [-0.15, -0.1) is 0 Å². The van der Waals surface area contributed by atoms with Crippen molar-refractivity contribution in [2.24, 2.45) is 0 Å². The molecule has 0 aliphatic rings. The molecule has 0 unspecified atom stereocenters. The van der Waals surface area contributed by atoms with Crippen molar-refractivity contribution in [3.63, 3.8) is 0 Å². The van der Waals surface area contributed by atoms with E-state index in [-0.39, 0.29) is 12.0 Å². The van der Waals surface area contributed by atoms with Crippen molar-refractivity contribution in [3.8, 4) is 0 Å². The Morgan fingerprint density at radius 1 is 1.41 bits per heavy atom. The minimum Gasteiger partial charge on any atom is -0.385 e. The normalized spacial score (nSPS) is 17.5. The second-order valence-electron chi connectivity index (χ2n) is 3.87. The first-order chi connectivity index (χ1) is 7.72. The maximum Gasteiger partial charge on any atom is 0.174 e. The average Bonchev–Trinajstić information content (AvgIpc) is 2.26. The second-order valence-corrected chi connectivity index (χ2v) is 7.04. The van der Waals surface area contributed by atoms with Gasteiger partial charge < -0.3 is 5.11 Å². The highest BCUT2D eigenvalue weighted by Crippen LogP contribution is 2.39. The molecule has 0 aliphatic heterocycles. The SMILES string of the molecule is CC[C@@](Cl)([C@@H](O)c1ccc(F)cc1)S(C)(=O)=O. The van der Waals surface area contributed by atoms with Crippen LogP contribution in [0.3, 0.4) is 0 Å². The Hall–Kier alpha value is -0.650. The van der Waals surface area contributed by atoms with Crippen LogP contribution in [-0.4, -0.2) is 24.0 Å². The van der Waals surface area contributed by atoms with Gasteiger partial charge in [0.25, 0.3) is 0 Å². The lowest BCUT2D eigenvalue weighted by Gasteiger charge is -2.29. The Morgan fingerprint density at radius 2 is 1.88 bits per heavy atom. The zero-order valence-electron chi connectivity index (χ0n) is 9.52. The number of aliphatic hydroxyl groups excluding tert-OH is 1. The van der Waals surface area contributed by atoms with Crippen LogP contribution in [0.4, 0.5) is 4.39 Å². The number of benzene rings is 1. The summed E-state index contributed by atoms with van der Waals surface area (Å²) in [5.41, 5.74) is 0.272. The maximum atomic E-state index is 12.7. The van der Waals surface area contributed by atoms with Crippen LogP contribution in [0, 0.1) is 5.82 Å². The predicted octanol–water partition coefficient (Wildman–Crippen LogP) is 2.25. The fraction of sp³-hybridized carbons (Fsp3) is 0.455. The molecule has 0 spiro atoms. The van der Waals surface area contributed by atoms with E-state index in [4.69, 9.17) is 11.6 Å². The number of hydrogen-bond acceptors (Lipinski definition) is 3. The zero-order chi connectivity index (χ0) is 13.3. The highest BCUT2D eigenvalue weighted by atomic mass is 35.5. The summed E-state index contributed by atoms with van der Waals surface area (Å²) < 4.78 is 34.1. The van der Waals surface area contributed by atoms with E-state index in [9.17, 15) is 17.9 Å². The van der Waals surface area contributed by atoms with Gasteiger partial charge >= 0.3 is 0 Å². The van der Waals surface area contributed by atoms with Crippen LogP contribution >= 0.6 is 11.6 Å². The molecule has 0 aromatic heterocycles. The summed E-state index contributed by atoms with van der Waals surface area (Å²) >= 11 is 5.99. The van der Waals surface area contributed by atoms with Gasteiger partial charge in [-0.2, -0.15) is 0 Å². The van der Waals surface area contributed by atoms with E-state index in [2.05, 4.69) is 0 Å². The molecule has 0 saturated heterocycles. The highest BCUT2D eigenvalue weighted by molar-refractivity contribution is 7.93. The summed E-state index contributed by atoms with van der Waals surface area (Å²) in [6.07, 6.45) is -0.382. The van der Waals surface area contributed by atoms with Crippen LogP contribution in [-0.2, 0) is 9.84 Å². The van der Waals surface area contributed by atoms with Crippen LogP contribution in [0.1, 0.15) is 25.0 Å². The fourth-order valence-corrected chi connectivity index (χ4v) is 2.74. The molecular weight excluding hydrogens is 267 g/mol. The first-order valence-corrected chi connectivity index (χ1v) is 7.31. The monoisotopic (exact) mass is 280 g/mol. The van der Waals surface area contributed by atoms with Crippen molar-refractivity contribution >= 4 is 21.4 Å². The van der Waals surface area contributed by atoms with Crippen molar-refractivity contribution in [3.05, 3.63) is 35.6 Å². The Bertz CT molecular complexity index is 486. The van der Waals surface area contributed by atoms with Gasteiger partial charge in [-0.05, 0) is 24.1 Å². The van der Waals surface area contributed by atoms with E-state index in [0.29, 0.717) is 0 Å². The standard InChI is InChI=1S/C11H14ClFO3S/c1-3-11(12,17(2,15)16)10(14)8-4-6-9(13)7-5-8/h4-7,10,14H,3H2,1-2H3/t10-,11-/m0/s1. The molecule has 0 heterocycles. The third kappa shape index (κ3) is 2.78. The quantitative estimate of drug-likeness (QED) is 0.861. The average molecular weight is 281 g/mol. The molecule has 1 aromatic rings. The Labute approximate surface area is 105 Å². The third-order valence-electron chi connectivity index (χ3n) is 2.69. The summed E-state index contributed by atoms with van der Waals surface area (Å²) in [4.78, 5) is 0. The molecule has 0 radical (unpaired) electrons. The molecule has 96 valence electrons. The summed E-state index contributed by atoms with van der Waals surface area (Å²) in [7, 11) is -3.65. The number of aliphatic hydroxyl groups is 1. The van der Waals surface area contributed by atoms with E-state index in [1.165, 1.54) is 12.1 Å². The molecule has 0 bridgehead atoms. The minimum absolute atomic E-state index is 0.0476.